The summed E-state index contributed by atoms with van der Waals surface area (Å²) in [4.78, 5) is 4.46. The van der Waals surface area contributed by atoms with Gasteiger partial charge in [-0.15, -0.1) is 0 Å². The quantitative estimate of drug-likeness (QED) is 0.785. The summed E-state index contributed by atoms with van der Waals surface area (Å²) in [7, 11) is 0. The Morgan fingerprint density at radius 2 is 1.88 bits per heavy atom. The van der Waals surface area contributed by atoms with Crippen LogP contribution in [0.1, 0.15) is 25.5 Å². The molecule has 17 heavy (non-hydrogen) atoms. The van der Waals surface area contributed by atoms with Crippen molar-refractivity contribution in [2.75, 3.05) is 11.5 Å². The van der Waals surface area contributed by atoms with E-state index in [0.717, 1.165) is 30.2 Å². The van der Waals surface area contributed by atoms with Gasteiger partial charge in [0, 0.05) is 12.8 Å². The van der Waals surface area contributed by atoms with Crippen LogP contribution in [0.15, 0.2) is 18.2 Å². The monoisotopic (exact) mass is 231 g/mol. The summed E-state index contributed by atoms with van der Waals surface area (Å²) in [6.07, 6.45) is 1.65. The molecule has 5 heteroatoms. The third kappa shape index (κ3) is 2.08. The second kappa shape index (κ2) is 4.45. The van der Waals surface area contributed by atoms with Crippen LogP contribution >= 0.6 is 0 Å². The van der Waals surface area contributed by atoms with Crippen LogP contribution in [0.5, 0.6) is 0 Å². The first-order valence-corrected chi connectivity index (χ1v) is 5.75. The lowest BCUT2D eigenvalue weighted by Gasteiger charge is -2.06. The Labute approximate surface area is 100 Å². The zero-order chi connectivity index (χ0) is 12.4. The molecule has 0 saturated heterocycles. The summed E-state index contributed by atoms with van der Waals surface area (Å²) >= 11 is 0. The average molecular weight is 231 g/mol. The minimum atomic E-state index is 0.568. The maximum absolute atomic E-state index is 5.80. The van der Waals surface area contributed by atoms with Crippen LogP contribution in [0.4, 0.5) is 11.4 Å². The summed E-state index contributed by atoms with van der Waals surface area (Å²) in [6, 6.07) is 5.51. The van der Waals surface area contributed by atoms with Gasteiger partial charge in [0.05, 0.1) is 17.1 Å². The molecule has 1 aromatic carbocycles. The highest BCUT2D eigenvalue weighted by atomic mass is 15.3. The SMILES string of the molecule is CCc1nc(CC)n(-c2ccc(N)c(N)c2)n1. The molecule has 2 rings (SSSR count). The molecule has 0 spiro atoms. The minimum Gasteiger partial charge on any atom is -0.397 e. The summed E-state index contributed by atoms with van der Waals surface area (Å²) in [5.41, 5.74) is 13.6. The van der Waals surface area contributed by atoms with Gasteiger partial charge < -0.3 is 11.5 Å². The topological polar surface area (TPSA) is 82.8 Å². The van der Waals surface area contributed by atoms with Crippen molar-refractivity contribution in [2.45, 2.75) is 26.7 Å². The number of rotatable bonds is 3. The van der Waals surface area contributed by atoms with Gasteiger partial charge in [0.25, 0.3) is 0 Å². The zero-order valence-corrected chi connectivity index (χ0v) is 10.1. The van der Waals surface area contributed by atoms with Crippen LogP contribution in [0.25, 0.3) is 5.69 Å². The molecule has 90 valence electrons. The van der Waals surface area contributed by atoms with Crippen molar-refractivity contribution < 1.29 is 0 Å². The number of aryl methyl sites for hydroxylation is 2. The Kier molecular flexibility index (Phi) is 2.99. The van der Waals surface area contributed by atoms with Gasteiger partial charge in [0.2, 0.25) is 0 Å². The number of aromatic nitrogens is 3. The highest BCUT2D eigenvalue weighted by molar-refractivity contribution is 5.66. The van der Waals surface area contributed by atoms with Gasteiger partial charge in [-0.1, -0.05) is 13.8 Å². The van der Waals surface area contributed by atoms with Crippen molar-refractivity contribution in [3.05, 3.63) is 29.8 Å². The number of nitrogens with zero attached hydrogens (tertiary/aromatic N) is 3. The van der Waals surface area contributed by atoms with E-state index in [4.69, 9.17) is 11.5 Å². The average Bonchev–Trinajstić information content (AvgIpc) is 2.76. The van der Waals surface area contributed by atoms with E-state index in [-0.39, 0.29) is 0 Å². The van der Waals surface area contributed by atoms with Crippen LogP contribution in [0, 0.1) is 0 Å². The van der Waals surface area contributed by atoms with Gasteiger partial charge >= 0.3 is 0 Å². The Balaban J connectivity index is 2.51. The summed E-state index contributed by atoms with van der Waals surface area (Å²) in [5, 5.41) is 4.45. The van der Waals surface area contributed by atoms with E-state index < -0.39 is 0 Å². The number of nitrogen functional groups attached to an aromatic ring is 2. The Bertz CT molecular complexity index is 530. The van der Waals surface area contributed by atoms with Crippen molar-refractivity contribution in [3.8, 4) is 5.69 Å². The van der Waals surface area contributed by atoms with E-state index >= 15 is 0 Å². The first-order chi connectivity index (χ1) is 8.15. The fourth-order valence-electron chi connectivity index (χ4n) is 1.67. The van der Waals surface area contributed by atoms with Crippen LogP contribution in [0.3, 0.4) is 0 Å². The number of nitrogens with two attached hydrogens (primary N) is 2. The molecular weight excluding hydrogens is 214 g/mol. The number of hydrogen-bond donors (Lipinski definition) is 2. The van der Waals surface area contributed by atoms with Crippen LogP contribution < -0.4 is 11.5 Å². The standard InChI is InChI=1S/C12H17N5/c1-3-11-15-12(4-2)17(16-11)8-5-6-9(13)10(14)7-8/h5-7H,3-4,13-14H2,1-2H3. The Morgan fingerprint density at radius 1 is 1.12 bits per heavy atom. The summed E-state index contributed by atoms with van der Waals surface area (Å²) in [5.74, 6) is 1.78. The molecule has 2 aromatic rings. The molecule has 0 saturated carbocycles. The van der Waals surface area contributed by atoms with E-state index in [1.54, 1.807) is 6.07 Å². The summed E-state index contributed by atoms with van der Waals surface area (Å²) < 4.78 is 1.83. The molecule has 0 bridgehead atoms. The van der Waals surface area contributed by atoms with Gasteiger partial charge in [-0.05, 0) is 18.2 Å². The molecule has 0 aliphatic rings. The molecule has 0 aliphatic heterocycles. The number of anilines is 2. The lowest BCUT2D eigenvalue weighted by Crippen LogP contribution is -2.04. The fourth-order valence-corrected chi connectivity index (χ4v) is 1.67. The first-order valence-electron chi connectivity index (χ1n) is 5.75. The van der Waals surface area contributed by atoms with Crippen molar-refractivity contribution in [1.82, 2.24) is 14.8 Å². The van der Waals surface area contributed by atoms with Crippen molar-refractivity contribution in [2.24, 2.45) is 0 Å². The van der Waals surface area contributed by atoms with E-state index in [2.05, 4.69) is 17.0 Å². The molecular formula is C12H17N5. The molecule has 0 fully saturated rings. The normalized spacial score (nSPS) is 10.7. The number of hydrogen-bond acceptors (Lipinski definition) is 4. The molecule has 1 heterocycles. The lowest BCUT2D eigenvalue weighted by molar-refractivity contribution is 0.791. The van der Waals surface area contributed by atoms with Gasteiger partial charge in [-0.2, -0.15) is 5.10 Å². The maximum atomic E-state index is 5.80. The Morgan fingerprint density at radius 3 is 2.47 bits per heavy atom. The number of benzene rings is 1. The van der Waals surface area contributed by atoms with Gasteiger partial charge in [-0.3, -0.25) is 0 Å². The van der Waals surface area contributed by atoms with Gasteiger partial charge in [0.15, 0.2) is 5.82 Å². The predicted molar refractivity (Wildman–Crippen MR) is 68.9 cm³/mol. The van der Waals surface area contributed by atoms with E-state index in [0.29, 0.717) is 11.4 Å². The van der Waals surface area contributed by atoms with E-state index in [1.807, 2.05) is 23.7 Å². The highest BCUT2D eigenvalue weighted by Gasteiger charge is 2.09. The van der Waals surface area contributed by atoms with Crippen LogP contribution in [-0.2, 0) is 12.8 Å². The van der Waals surface area contributed by atoms with Crippen molar-refractivity contribution in [1.29, 1.82) is 0 Å². The smallest absolute Gasteiger partial charge is 0.151 e. The highest BCUT2D eigenvalue weighted by Crippen LogP contribution is 2.19. The second-order valence-electron chi connectivity index (χ2n) is 3.88. The van der Waals surface area contributed by atoms with Crippen molar-refractivity contribution in [3.63, 3.8) is 0 Å². The predicted octanol–water partition coefficient (Wildman–Crippen LogP) is 1.56. The molecule has 1 aromatic heterocycles. The second-order valence-corrected chi connectivity index (χ2v) is 3.88. The molecule has 0 radical (unpaired) electrons. The molecule has 0 atom stereocenters. The van der Waals surface area contributed by atoms with E-state index in [9.17, 15) is 0 Å². The largest absolute Gasteiger partial charge is 0.397 e. The Hall–Kier alpha value is -2.04. The molecule has 0 unspecified atom stereocenters. The lowest BCUT2D eigenvalue weighted by atomic mass is 10.2. The molecule has 4 N–H and O–H groups in total. The van der Waals surface area contributed by atoms with Crippen LogP contribution in [0.2, 0.25) is 0 Å². The van der Waals surface area contributed by atoms with Gasteiger partial charge in [0.1, 0.15) is 5.82 Å². The third-order valence-corrected chi connectivity index (χ3v) is 2.67. The fraction of sp³-hybridized carbons (Fsp3) is 0.333. The molecule has 0 aliphatic carbocycles. The minimum absolute atomic E-state index is 0.568. The maximum Gasteiger partial charge on any atom is 0.151 e. The molecule has 0 amide bonds. The zero-order valence-electron chi connectivity index (χ0n) is 10.1. The van der Waals surface area contributed by atoms with E-state index in [1.165, 1.54) is 0 Å². The first kappa shape index (κ1) is 11.4. The van der Waals surface area contributed by atoms with Crippen LogP contribution in [-0.4, -0.2) is 14.8 Å². The summed E-state index contributed by atoms with van der Waals surface area (Å²) in [6.45, 7) is 4.09. The van der Waals surface area contributed by atoms with Crippen molar-refractivity contribution >= 4 is 11.4 Å². The molecule has 5 nitrogen and oxygen atoms in total. The third-order valence-electron chi connectivity index (χ3n) is 2.67. The van der Waals surface area contributed by atoms with Gasteiger partial charge in [-0.25, -0.2) is 9.67 Å².